The molecule has 0 spiro atoms. The Morgan fingerprint density at radius 1 is 2.00 bits per heavy atom. The molecule has 0 rings (SSSR count). The number of hydrogen-bond donors (Lipinski definition) is 2. The standard InChI is InChI=1S/C3H5N.CH5NO2S/c1-2-3-4;1-2-5(3)4/h1H,3-4H2;2H,1H3,(H,3,4)/p-1. The third-order valence-corrected chi connectivity index (χ3v) is 0.618. The van der Waals surface area contributed by atoms with E-state index in [0.29, 0.717) is 6.54 Å². The summed E-state index contributed by atoms with van der Waals surface area (Å²) in [5, 5.41) is 0. The van der Waals surface area contributed by atoms with E-state index < -0.39 is 11.3 Å². The fourth-order valence-corrected chi connectivity index (χ4v) is 0. The molecule has 0 aromatic carbocycles. The fourth-order valence-electron chi connectivity index (χ4n) is 0. The largest absolute Gasteiger partial charge is 0.760 e. The second-order valence-corrected chi connectivity index (χ2v) is 1.72. The summed E-state index contributed by atoms with van der Waals surface area (Å²) in [5.74, 6) is 2.21. The molecule has 4 nitrogen and oxygen atoms in total. The zero-order valence-corrected chi connectivity index (χ0v) is 5.90. The van der Waals surface area contributed by atoms with Gasteiger partial charge in [-0.25, -0.2) is 0 Å². The zero-order chi connectivity index (χ0) is 7.70. The van der Waals surface area contributed by atoms with Crippen LogP contribution in [0.4, 0.5) is 0 Å². The van der Waals surface area contributed by atoms with E-state index in [9.17, 15) is 8.76 Å². The molecule has 0 heterocycles. The minimum atomic E-state index is -2.07. The van der Waals surface area contributed by atoms with E-state index in [2.05, 4.69) is 12.3 Å². The summed E-state index contributed by atoms with van der Waals surface area (Å²) in [6, 6.07) is 0. The minimum Gasteiger partial charge on any atom is -0.760 e. The van der Waals surface area contributed by atoms with E-state index in [0.717, 1.165) is 0 Å². The first-order valence-corrected chi connectivity index (χ1v) is 3.16. The van der Waals surface area contributed by atoms with E-state index in [1.807, 2.05) is 4.72 Å². The van der Waals surface area contributed by atoms with E-state index in [4.69, 9.17) is 5.73 Å². The van der Waals surface area contributed by atoms with Crippen LogP contribution in [0.3, 0.4) is 0 Å². The average Bonchev–Trinajstić information content (AvgIpc) is 1.89. The molecule has 0 bridgehead atoms. The van der Waals surface area contributed by atoms with Gasteiger partial charge in [0, 0.05) is 11.3 Å². The first-order chi connectivity index (χ1) is 4.18. The molecule has 9 heavy (non-hydrogen) atoms. The molecule has 1 atom stereocenters. The second kappa shape index (κ2) is 10.5. The lowest BCUT2D eigenvalue weighted by Gasteiger charge is -1.95. The van der Waals surface area contributed by atoms with Crippen LogP contribution >= 0.6 is 0 Å². The Labute approximate surface area is 57.2 Å². The van der Waals surface area contributed by atoms with Crippen molar-refractivity contribution < 1.29 is 8.76 Å². The van der Waals surface area contributed by atoms with Gasteiger partial charge in [0.1, 0.15) is 0 Å². The van der Waals surface area contributed by atoms with Crippen molar-refractivity contribution in [3.8, 4) is 12.3 Å². The molecule has 0 aliphatic heterocycles. The monoisotopic (exact) mass is 149 g/mol. The SMILES string of the molecule is C#CCN.CNS(=O)[O-]. The van der Waals surface area contributed by atoms with Crippen LogP contribution in [0.25, 0.3) is 0 Å². The van der Waals surface area contributed by atoms with Gasteiger partial charge in [-0.3, -0.25) is 8.93 Å². The smallest absolute Gasteiger partial charge is 0.0548 e. The molecule has 3 N–H and O–H groups in total. The van der Waals surface area contributed by atoms with Crippen LogP contribution in [0.1, 0.15) is 0 Å². The number of terminal acetylenes is 1. The van der Waals surface area contributed by atoms with Crippen molar-refractivity contribution in [2.24, 2.45) is 5.73 Å². The van der Waals surface area contributed by atoms with E-state index >= 15 is 0 Å². The summed E-state index contributed by atoms with van der Waals surface area (Å²) in [6.45, 7) is 0.347. The molecule has 0 radical (unpaired) electrons. The van der Waals surface area contributed by atoms with Crippen LogP contribution in [0, 0.1) is 12.3 Å². The molecule has 0 fully saturated rings. The molecule has 0 aliphatic carbocycles. The molecule has 0 aromatic heterocycles. The van der Waals surface area contributed by atoms with Gasteiger partial charge in [-0.2, -0.15) is 0 Å². The molecule has 0 aromatic rings. The van der Waals surface area contributed by atoms with Gasteiger partial charge < -0.3 is 10.3 Å². The Morgan fingerprint density at radius 2 is 2.22 bits per heavy atom. The molecule has 0 amide bonds. The van der Waals surface area contributed by atoms with Crippen LogP contribution in [0.5, 0.6) is 0 Å². The van der Waals surface area contributed by atoms with Crippen molar-refractivity contribution in [2.45, 2.75) is 0 Å². The predicted octanol–water partition coefficient (Wildman–Crippen LogP) is -1.42. The average molecular weight is 149 g/mol. The Hall–Kier alpha value is -0.410. The second-order valence-electron chi connectivity index (χ2n) is 0.847. The zero-order valence-electron chi connectivity index (χ0n) is 5.09. The summed E-state index contributed by atoms with van der Waals surface area (Å²) in [6.07, 6.45) is 4.65. The molecule has 0 saturated heterocycles. The Kier molecular flexibility index (Phi) is 13.4. The molecular weight excluding hydrogens is 140 g/mol. The maximum absolute atomic E-state index is 9.26. The van der Waals surface area contributed by atoms with Crippen molar-refractivity contribution in [3.63, 3.8) is 0 Å². The fraction of sp³-hybridized carbons (Fsp3) is 0.500. The number of hydrogen-bond acceptors (Lipinski definition) is 3. The summed E-state index contributed by atoms with van der Waals surface area (Å²) in [4.78, 5) is 0. The minimum absolute atomic E-state index is 0.347. The van der Waals surface area contributed by atoms with Gasteiger partial charge in [0.15, 0.2) is 0 Å². The molecule has 5 heteroatoms. The number of rotatable bonds is 1. The van der Waals surface area contributed by atoms with Crippen molar-refractivity contribution in [2.75, 3.05) is 13.6 Å². The third-order valence-electron chi connectivity index (χ3n) is 0.285. The Bertz CT molecular complexity index is 110. The first kappa shape index (κ1) is 11.4. The van der Waals surface area contributed by atoms with E-state index in [1.54, 1.807) is 0 Å². The van der Waals surface area contributed by atoms with E-state index in [1.165, 1.54) is 7.05 Å². The van der Waals surface area contributed by atoms with Gasteiger partial charge >= 0.3 is 0 Å². The summed E-state index contributed by atoms with van der Waals surface area (Å²) >= 11 is -2.07. The Balaban J connectivity index is 0. The third kappa shape index (κ3) is 35.4. The van der Waals surface area contributed by atoms with Gasteiger partial charge in [0.05, 0.1) is 6.54 Å². The maximum atomic E-state index is 9.26. The van der Waals surface area contributed by atoms with Crippen LogP contribution in [0.15, 0.2) is 0 Å². The highest BCUT2D eigenvalue weighted by Crippen LogP contribution is 1.47. The molecule has 0 saturated carbocycles. The summed E-state index contributed by atoms with van der Waals surface area (Å²) in [7, 11) is 1.34. The molecular formula is C4H9N2O2S-. The first-order valence-electron chi connectivity index (χ1n) is 2.09. The maximum Gasteiger partial charge on any atom is 0.0548 e. The van der Waals surface area contributed by atoms with Crippen LogP contribution in [-0.2, 0) is 11.3 Å². The lowest BCUT2D eigenvalue weighted by Crippen LogP contribution is -2.07. The number of nitrogens with two attached hydrogens (primary N) is 1. The highest BCUT2D eigenvalue weighted by Gasteiger charge is 1.57. The lowest BCUT2D eigenvalue weighted by molar-refractivity contribution is 0.529. The highest BCUT2D eigenvalue weighted by atomic mass is 32.2. The van der Waals surface area contributed by atoms with Crippen molar-refractivity contribution in [1.29, 1.82) is 0 Å². The van der Waals surface area contributed by atoms with Gasteiger partial charge in [0.25, 0.3) is 0 Å². The predicted molar refractivity (Wildman–Crippen MR) is 35.9 cm³/mol. The topological polar surface area (TPSA) is 78.2 Å². The number of nitrogens with one attached hydrogen (secondary N) is 1. The van der Waals surface area contributed by atoms with Crippen molar-refractivity contribution >= 4 is 11.3 Å². The normalized spacial score (nSPS) is 10.4. The van der Waals surface area contributed by atoms with Gasteiger partial charge in [-0.1, -0.05) is 5.92 Å². The van der Waals surface area contributed by atoms with Gasteiger partial charge in [-0.15, -0.1) is 6.42 Å². The van der Waals surface area contributed by atoms with Gasteiger partial charge in [-0.05, 0) is 7.05 Å². The molecule has 0 aliphatic rings. The Morgan fingerprint density at radius 3 is 2.22 bits per heavy atom. The molecule has 1 unspecified atom stereocenters. The van der Waals surface area contributed by atoms with Crippen LogP contribution in [-0.4, -0.2) is 22.4 Å². The quantitative estimate of drug-likeness (QED) is 0.355. The van der Waals surface area contributed by atoms with Crippen LogP contribution in [0.2, 0.25) is 0 Å². The highest BCUT2D eigenvalue weighted by molar-refractivity contribution is 7.77. The van der Waals surface area contributed by atoms with Crippen molar-refractivity contribution in [3.05, 3.63) is 0 Å². The van der Waals surface area contributed by atoms with Crippen LogP contribution < -0.4 is 10.5 Å². The lowest BCUT2D eigenvalue weighted by atomic mass is 10.7. The summed E-state index contributed by atoms with van der Waals surface area (Å²) < 4.78 is 20.5. The van der Waals surface area contributed by atoms with Crippen molar-refractivity contribution in [1.82, 2.24) is 4.72 Å². The van der Waals surface area contributed by atoms with Gasteiger partial charge in [0.2, 0.25) is 0 Å². The summed E-state index contributed by atoms with van der Waals surface area (Å²) in [5.41, 5.74) is 4.79. The van der Waals surface area contributed by atoms with E-state index in [-0.39, 0.29) is 0 Å². The molecule has 54 valence electrons.